The Kier molecular flexibility index (Phi) is 3.53. The summed E-state index contributed by atoms with van der Waals surface area (Å²) >= 11 is 0. The van der Waals surface area contributed by atoms with E-state index in [1.165, 1.54) is 11.1 Å². The van der Waals surface area contributed by atoms with E-state index in [2.05, 4.69) is 41.3 Å². The second-order valence-electron chi connectivity index (χ2n) is 5.40. The highest BCUT2D eigenvalue weighted by molar-refractivity contribution is 5.77. The van der Waals surface area contributed by atoms with Gasteiger partial charge in [-0.05, 0) is 63.0 Å². The summed E-state index contributed by atoms with van der Waals surface area (Å²) in [5.74, 6) is 0.929. The number of aromatic nitrogens is 2. The van der Waals surface area contributed by atoms with Gasteiger partial charge in [-0.25, -0.2) is 4.98 Å². The molecular weight excluding hydrogens is 238 g/mol. The first-order chi connectivity index (χ1) is 9.22. The Morgan fingerprint density at radius 1 is 1.21 bits per heavy atom. The molecule has 0 aliphatic carbocycles. The fourth-order valence-corrected chi connectivity index (χ4v) is 2.55. The number of piperidine rings is 1. The smallest absolute Gasteiger partial charge is 0.133 e. The van der Waals surface area contributed by atoms with Gasteiger partial charge in [0.25, 0.3) is 0 Å². The number of hydrogen-bond donors (Lipinski definition) is 2. The zero-order valence-electron chi connectivity index (χ0n) is 11.6. The van der Waals surface area contributed by atoms with Crippen molar-refractivity contribution in [3.8, 4) is 0 Å². The van der Waals surface area contributed by atoms with Crippen LogP contribution in [0.1, 0.15) is 29.8 Å². The number of ether oxygens (including phenoxy) is 1. The molecule has 2 aromatic rings. The molecule has 102 valence electrons. The molecule has 0 atom stereocenters. The van der Waals surface area contributed by atoms with Gasteiger partial charge in [0.15, 0.2) is 0 Å². The van der Waals surface area contributed by atoms with Crippen LogP contribution in [0.2, 0.25) is 0 Å². The minimum Gasteiger partial charge on any atom is -0.370 e. The largest absolute Gasteiger partial charge is 0.370 e. The first kappa shape index (κ1) is 12.6. The second-order valence-corrected chi connectivity index (χ2v) is 5.40. The van der Waals surface area contributed by atoms with Crippen molar-refractivity contribution in [3.63, 3.8) is 0 Å². The minimum absolute atomic E-state index is 0.373. The van der Waals surface area contributed by atoms with Gasteiger partial charge in [-0.3, -0.25) is 0 Å². The van der Waals surface area contributed by atoms with Gasteiger partial charge in [0.2, 0.25) is 0 Å². The summed E-state index contributed by atoms with van der Waals surface area (Å²) < 4.78 is 5.93. The van der Waals surface area contributed by atoms with E-state index >= 15 is 0 Å². The lowest BCUT2D eigenvalue weighted by Gasteiger charge is -2.22. The predicted octanol–water partition coefficient (Wildman–Crippen LogP) is 2.45. The van der Waals surface area contributed by atoms with Gasteiger partial charge in [-0.1, -0.05) is 0 Å². The lowest BCUT2D eigenvalue weighted by molar-refractivity contribution is 0.0182. The highest BCUT2D eigenvalue weighted by Gasteiger charge is 2.14. The fourth-order valence-electron chi connectivity index (χ4n) is 2.55. The number of rotatable bonds is 3. The van der Waals surface area contributed by atoms with Crippen molar-refractivity contribution in [1.82, 2.24) is 15.3 Å². The maximum Gasteiger partial charge on any atom is 0.133 e. The molecule has 1 aliphatic rings. The van der Waals surface area contributed by atoms with Gasteiger partial charge in [-0.15, -0.1) is 0 Å². The number of benzene rings is 1. The number of aryl methyl sites for hydroxylation is 2. The Balaban J connectivity index is 1.70. The Bertz CT molecular complexity index is 531. The van der Waals surface area contributed by atoms with Crippen LogP contribution in [0.15, 0.2) is 12.1 Å². The lowest BCUT2D eigenvalue weighted by Crippen LogP contribution is -2.32. The summed E-state index contributed by atoms with van der Waals surface area (Å²) in [4.78, 5) is 7.95. The zero-order valence-corrected chi connectivity index (χ0v) is 11.6. The minimum atomic E-state index is 0.373. The van der Waals surface area contributed by atoms with Crippen molar-refractivity contribution in [2.75, 3.05) is 13.1 Å². The molecule has 0 unspecified atom stereocenters. The van der Waals surface area contributed by atoms with Crippen molar-refractivity contribution < 1.29 is 4.74 Å². The highest BCUT2D eigenvalue weighted by atomic mass is 16.5. The Morgan fingerprint density at radius 3 is 2.74 bits per heavy atom. The number of imidazole rings is 1. The molecule has 2 heterocycles. The second kappa shape index (κ2) is 5.31. The van der Waals surface area contributed by atoms with Crippen LogP contribution in [0, 0.1) is 13.8 Å². The number of hydrogen-bond acceptors (Lipinski definition) is 3. The van der Waals surface area contributed by atoms with E-state index in [9.17, 15) is 0 Å². The van der Waals surface area contributed by atoms with Gasteiger partial charge in [0, 0.05) is 0 Å². The third-order valence-electron chi connectivity index (χ3n) is 3.89. The number of H-pyrrole nitrogens is 1. The molecular formula is C15H21N3O. The summed E-state index contributed by atoms with van der Waals surface area (Å²) in [6.45, 7) is 6.94. The number of aromatic amines is 1. The quantitative estimate of drug-likeness (QED) is 0.890. The maximum absolute atomic E-state index is 5.93. The third kappa shape index (κ3) is 2.80. The van der Waals surface area contributed by atoms with Gasteiger partial charge < -0.3 is 15.0 Å². The normalized spacial score (nSPS) is 17.2. The van der Waals surface area contributed by atoms with Crippen LogP contribution in [0.4, 0.5) is 0 Å². The van der Waals surface area contributed by atoms with E-state index in [1.807, 2.05) is 0 Å². The van der Waals surface area contributed by atoms with Crippen molar-refractivity contribution >= 4 is 11.0 Å². The van der Waals surface area contributed by atoms with E-state index in [-0.39, 0.29) is 0 Å². The van der Waals surface area contributed by atoms with Crippen LogP contribution in [0.3, 0.4) is 0 Å². The zero-order chi connectivity index (χ0) is 13.2. The van der Waals surface area contributed by atoms with Crippen LogP contribution in [0.5, 0.6) is 0 Å². The van der Waals surface area contributed by atoms with Gasteiger partial charge in [0.05, 0.1) is 17.1 Å². The van der Waals surface area contributed by atoms with E-state index in [0.717, 1.165) is 42.8 Å². The Hall–Kier alpha value is -1.39. The van der Waals surface area contributed by atoms with Crippen LogP contribution in [-0.2, 0) is 11.3 Å². The summed E-state index contributed by atoms with van der Waals surface area (Å²) in [5, 5.41) is 3.34. The van der Waals surface area contributed by atoms with Crippen LogP contribution >= 0.6 is 0 Å². The molecule has 1 aromatic heterocycles. The monoisotopic (exact) mass is 259 g/mol. The Labute approximate surface area is 113 Å². The Morgan fingerprint density at radius 2 is 1.95 bits per heavy atom. The molecule has 1 aliphatic heterocycles. The van der Waals surface area contributed by atoms with E-state index in [0.29, 0.717) is 12.7 Å². The average Bonchev–Trinajstić information content (AvgIpc) is 2.80. The molecule has 1 aromatic carbocycles. The first-order valence-electron chi connectivity index (χ1n) is 7.00. The lowest BCUT2D eigenvalue weighted by atomic mass is 10.1. The molecule has 0 spiro atoms. The molecule has 4 heteroatoms. The predicted molar refractivity (Wildman–Crippen MR) is 76.2 cm³/mol. The molecule has 1 fully saturated rings. The first-order valence-corrected chi connectivity index (χ1v) is 7.00. The topological polar surface area (TPSA) is 49.9 Å². The van der Waals surface area contributed by atoms with E-state index in [4.69, 9.17) is 4.74 Å². The fraction of sp³-hybridized carbons (Fsp3) is 0.533. The number of nitrogens with zero attached hydrogens (tertiary/aromatic N) is 1. The van der Waals surface area contributed by atoms with Crippen molar-refractivity contribution in [2.24, 2.45) is 0 Å². The van der Waals surface area contributed by atoms with Gasteiger partial charge >= 0.3 is 0 Å². The summed E-state index contributed by atoms with van der Waals surface area (Å²) in [7, 11) is 0. The average molecular weight is 259 g/mol. The molecule has 0 bridgehead atoms. The molecule has 2 N–H and O–H groups in total. The van der Waals surface area contributed by atoms with Crippen LogP contribution in [0.25, 0.3) is 11.0 Å². The number of nitrogens with one attached hydrogen (secondary N) is 2. The molecule has 1 saturated heterocycles. The van der Waals surface area contributed by atoms with Crippen LogP contribution in [-0.4, -0.2) is 29.2 Å². The van der Waals surface area contributed by atoms with E-state index in [1.54, 1.807) is 0 Å². The molecule has 0 amide bonds. The van der Waals surface area contributed by atoms with Crippen molar-refractivity contribution in [2.45, 2.75) is 39.4 Å². The summed E-state index contributed by atoms with van der Waals surface area (Å²) in [5.41, 5.74) is 4.71. The number of fused-ring (bicyclic) bond motifs is 1. The molecule has 0 saturated carbocycles. The van der Waals surface area contributed by atoms with Crippen molar-refractivity contribution in [3.05, 3.63) is 29.1 Å². The highest BCUT2D eigenvalue weighted by Crippen LogP contribution is 2.18. The third-order valence-corrected chi connectivity index (χ3v) is 3.89. The summed E-state index contributed by atoms with van der Waals surface area (Å²) in [6, 6.07) is 4.29. The van der Waals surface area contributed by atoms with Crippen molar-refractivity contribution in [1.29, 1.82) is 0 Å². The standard InChI is InChI=1S/C15H21N3O/c1-10-7-13-14(8-11(10)2)18-15(17-13)9-19-12-3-5-16-6-4-12/h7-8,12,16H,3-6,9H2,1-2H3,(H,17,18). The van der Waals surface area contributed by atoms with Gasteiger partial charge in [0.1, 0.15) is 12.4 Å². The van der Waals surface area contributed by atoms with E-state index < -0.39 is 0 Å². The van der Waals surface area contributed by atoms with Gasteiger partial charge in [-0.2, -0.15) is 0 Å². The molecule has 0 radical (unpaired) electrons. The SMILES string of the molecule is Cc1cc2nc(COC3CCNCC3)[nH]c2cc1C. The summed E-state index contributed by atoms with van der Waals surface area (Å²) in [6.07, 6.45) is 2.56. The maximum atomic E-state index is 5.93. The van der Waals surface area contributed by atoms with Crippen LogP contribution < -0.4 is 5.32 Å². The molecule has 19 heavy (non-hydrogen) atoms. The molecule has 4 nitrogen and oxygen atoms in total. The molecule has 3 rings (SSSR count).